The SMILES string of the molecule is O=C(O)COc1nc(Cl)c(Cl)cc1Cl.O=COc1ccccc1. The van der Waals surface area contributed by atoms with Gasteiger partial charge in [0.1, 0.15) is 10.8 Å². The van der Waals surface area contributed by atoms with Crippen LogP contribution in [0.15, 0.2) is 36.4 Å². The van der Waals surface area contributed by atoms with Gasteiger partial charge in [-0.1, -0.05) is 53.0 Å². The van der Waals surface area contributed by atoms with Gasteiger partial charge in [-0.2, -0.15) is 4.98 Å². The Kier molecular flexibility index (Phi) is 8.18. The highest BCUT2D eigenvalue weighted by molar-refractivity contribution is 6.42. The van der Waals surface area contributed by atoms with Crippen LogP contribution in [0.5, 0.6) is 11.6 Å². The highest BCUT2D eigenvalue weighted by Gasteiger charge is 2.10. The number of aliphatic carboxylic acids is 1. The third kappa shape index (κ3) is 7.19. The van der Waals surface area contributed by atoms with Crippen molar-refractivity contribution < 1.29 is 24.2 Å². The quantitative estimate of drug-likeness (QED) is 0.630. The highest BCUT2D eigenvalue weighted by atomic mass is 35.5. The van der Waals surface area contributed by atoms with Crippen molar-refractivity contribution in [3.05, 3.63) is 51.6 Å². The lowest BCUT2D eigenvalue weighted by atomic mass is 10.3. The summed E-state index contributed by atoms with van der Waals surface area (Å²) in [5, 5.41) is 8.64. The van der Waals surface area contributed by atoms with Crippen LogP contribution in [0.2, 0.25) is 15.2 Å². The second-order valence-electron chi connectivity index (χ2n) is 3.76. The second-order valence-corrected chi connectivity index (χ2v) is 4.93. The molecule has 0 radical (unpaired) electrons. The van der Waals surface area contributed by atoms with Gasteiger partial charge in [-0.15, -0.1) is 0 Å². The van der Waals surface area contributed by atoms with Crippen LogP contribution in [0.4, 0.5) is 0 Å². The molecule has 1 aromatic carbocycles. The summed E-state index contributed by atoms with van der Waals surface area (Å²) in [6.45, 7) is -0.125. The fourth-order valence-corrected chi connectivity index (χ4v) is 1.76. The van der Waals surface area contributed by atoms with Gasteiger partial charge in [-0.3, -0.25) is 4.79 Å². The molecule has 1 heterocycles. The molecule has 0 saturated carbocycles. The molecule has 122 valence electrons. The fraction of sp³-hybridized carbons (Fsp3) is 0.0714. The predicted octanol–water partition coefficient (Wildman–Crippen LogP) is 3.73. The molecule has 0 fully saturated rings. The lowest BCUT2D eigenvalue weighted by Gasteiger charge is -2.05. The average Bonchev–Trinajstić information content (AvgIpc) is 2.51. The molecule has 0 aliphatic rings. The van der Waals surface area contributed by atoms with Crippen molar-refractivity contribution >= 4 is 47.2 Å². The monoisotopic (exact) mass is 377 g/mol. The third-order valence-electron chi connectivity index (χ3n) is 2.11. The van der Waals surface area contributed by atoms with Gasteiger partial charge < -0.3 is 14.6 Å². The van der Waals surface area contributed by atoms with Crippen molar-refractivity contribution in [3.63, 3.8) is 0 Å². The number of aromatic nitrogens is 1. The first-order chi connectivity index (χ1) is 10.9. The number of carboxylic acid groups (broad SMARTS) is 1. The van der Waals surface area contributed by atoms with Crippen molar-refractivity contribution in [3.8, 4) is 11.6 Å². The Morgan fingerprint density at radius 2 is 1.83 bits per heavy atom. The molecule has 2 rings (SSSR count). The summed E-state index contributed by atoms with van der Waals surface area (Å²) in [5.74, 6) is -0.607. The molecule has 0 aliphatic carbocycles. The van der Waals surface area contributed by atoms with E-state index in [0.717, 1.165) is 0 Å². The summed E-state index contributed by atoms with van der Waals surface area (Å²) in [4.78, 5) is 23.6. The Morgan fingerprint density at radius 1 is 1.17 bits per heavy atom. The van der Waals surface area contributed by atoms with Gasteiger partial charge in [0.05, 0.1) is 5.02 Å². The first-order valence-corrected chi connectivity index (χ1v) is 7.09. The van der Waals surface area contributed by atoms with Gasteiger partial charge >= 0.3 is 5.97 Å². The number of hydrogen-bond acceptors (Lipinski definition) is 5. The van der Waals surface area contributed by atoms with E-state index in [2.05, 4.69) is 9.72 Å². The summed E-state index contributed by atoms with van der Waals surface area (Å²) >= 11 is 16.8. The molecule has 0 aliphatic heterocycles. The van der Waals surface area contributed by atoms with Crippen molar-refractivity contribution in [2.75, 3.05) is 6.61 Å². The van der Waals surface area contributed by atoms with E-state index >= 15 is 0 Å². The van der Waals surface area contributed by atoms with Crippen LogP contribution in [0.25, 0.3) is 0 Å². The standard InChI is InChI=1S/C7H4Cl3NO3.C7H6O2/c8-3-1-4(9)7(11-6(3)10)14-2-5(12)13;8-6-9-7-4-2-1-3-5-7/h1H,2H2,(H,12,13);1-6H. The zero-order valence-electron chi connectivity index (χ0n) is 11.4. The number of benzene rings is 1. The second kappa shape index (κ2) is 9.89. The van der Waals surface area contributed by atoms with E-state index in [1.165, 1.54) is 6.07 Å². The average molecular weight is 379 g/mol. The first-order valence-electron chi connectivity index (χ1n) is 5.95. The van der Waals surface area contributed by atoms with Gasteiger partial charge in [0.15, 0.2) is 11.8 Å². The van der Waals surface area contributed by atoms with Crippen LogP contribution in [0.1, 0.15) is 0 Å². The molecule has 0 amide bonds. The third-order valence-corrected chi connectivity index (χ3v) is 3.06. The Balaban J connectivity index is 0.000000253. The molecule has 1 N–H and O–H groups in total. The van der Waals surface area contributed by atoms with E-state index in [-0.39, 0.29) is 21.1 Å². The number of para-hydroxylation sites is 1. The number of hydrogen-bond donors (Lipinski definition) is 1. The maximum absolute atomic E-state index is 10.2. The Hall–Kier alpha value is -2.02. The van der Waals surface area contributed by atoms with Crippen LogP contribution >= 0.6 is 34.8 Å². The minimum absolute atomic E-state index is 0.0106. The minimum Gasteiger partial charge on any atom is -0.479 e. The lowest BCUT2D eigenvalue weighted by Crippen LogP contribution is -2.10. The number of halogens is 3. The molecule has 9 heteroatoms. The highest BCUT2D eigenvalue weighted by Crippen LogP contribution is 2.30. The normalized spacial score (nSPS) is 9.35. The number of pyridine rings is 1. The largest absolute Gasteiger partial charge is 0.479 e. The number of rotatable bonds is 5. The van der Waals surface area contributed by atoms with Crippen molar-refractivity contribution in [2.24, 2.45) is 0 Å². The molecule has 0 bridgehead atoms. The van der Waals surface area contributed by atoms with E-state index in [4.69, 9.17) is 44.6 Å². The molecule has 0 spiro atoms. The van der Waals surface area contributed by atoms with Crippen LogP contribution in [-0.2, 0) is 9.59 Å². The summed E-state index contributed by atoms with van der Waals surface area (Å²) in [6, 6.07) is 10.2. The van der Waals surface area contributed by atoms with E-state index in [1.54, 1.807) is 24.3 Å². The van der Waals surface area contributed by atoms with Gasteiger partial charge in [-0.25, -0.2) is 4.79 Å². The Bertz CT molecular complexity index is 667. The fourth-order valence-electron chi connectivity index (χ4n) is 1.21. The zero-order chi connectivity index (χ0) is 17.2. The maximum atomic E-state index is 10.2. The van der Waals surface area contributed by atoms with Crippen molar-refractivity contribution in [2.45, 2.75) is 0 Å². The summed E-state index contributed by atoms with van der Waals surface area (Å²) in [6.07, 6.45) is 0. The number of carboxylic acids is 1. The van der Waals surface area contributed by atoms with Crippen LogP contribution in [-0.4, -0.2) is 29.1 Å². The topological polar surface area (TPSA) is 85.7 Å². The van der Waals surface area contributed by atoms with E-state index in [0.29, 0.717) is 12.2 Å². The number of nitrogens with zero attached hydrogens (tertiary/aromatic N) is 1. The lowest BCUT2D eigenvalue weighted by molar-refractivity contribution is -0.139. The molecule has 0 saturated heterocycles. The molecule has 0 unspecified atom stereocenters. The summed E-state index contributed by atoms with van der Waals surface area (Å²) in [5.41, 5.74) is 0. The van der Waals surface area contributed by atoms with Crippen LogP contribution < -0.4 is 9.47 Å². The molecule has 23 heavy (non-hydrogen) atoms. The smallest absolute Gasteiger partial charge is 0.341 e. The zero-order valence-corrected chi connectivity index (χ0v) is 13.7. The summed E-state index contributed by atoms with van der Waals surface area (Å²) in [7, 11) is 0. The minimum atomic E-state index is -1.13. The Labute approximate surface area is 146 Å². The molecule has 6 nitrogen and oxygen atoms in total. The number of carbonyl (C=O) groups is 2. The van der Waals surface area contributed by atoms with Gasteiger partial charge in [0, 0.05) is 0 Å². The Morgan fingerprint density at radius 3 is 2.39 bits per heavy atom. The molecule has 2 aromatic rings. The van der Waals surface area contributed by atoms with Crippen molar-refractivity contribution in [1.29, 1.82) is 0 Å². The van der Waals surface area contributed by atoms with Gasteiger partial charge in [0.2, 0.25) is 5.88 Å². The predicted molar refractivity (Wildman–Crippen MR) is 85.5 cm³/mol. The number of carbonyl (C=O) groups excluding carboxylic acids is 1. The molecule has 1 aromatic heterocycles. The van der Waals surface area contributed by atoms with Gasteiger partial charge in [0.25, 0.3) is 6.47 Å². The molecular formula is C14H10Cl3NO5. The number of ether oxygens (including phenoxy) is 2. The molecule has 0 atom stereocenters. The van der Waals surface area contributed by atoms with Crippen molar-refractivity contribution in [1.82, 2.24) is 4.98 Å². The van der Waals surface area contributed by atoms with Gasteiger partial charge in [-0.05, 0) is 18.2 Å². The first kappa shape index (κ1) is 19.0. The maximum Gasteiger partial charge on any atom is 0.341 e. The van der Waals surface area contributed by atoms with Crippen LogP contribution in [0.3, 0.4) is 0 Å². The summed E-state index contributed by atoms with van der Waals surface area (Å²) < 4.78 is 9.27. The van der Waals surface area contributed by atoms with E-state index in [9.17, 15) is 9.59 Å². The van der Waals surface area contributed by atoms with E-state index < -0.39 is 12.6 Å². The van der Waals surface area contributed by atoms with E-state index in [1.807, 2.05) is 6.07 Å². The molecular weight excluding hydrogens is 369 g/mol. The van der Waals surface area contributed by atoms with Crippen LogP contribution in [0, 0.1) is 0 Å².